The first-order chi connectivity index (χ1) is 8.63. The van der Waals surface area contributed by atoms with Crippen LogP contribution in [-0.2, 0) is 4.74 Å². The van der Waals surface area contributed by atoms with E-state index in [2.05, 4.69) is 15.4 Å². The number of rotatable bonds is 3. The minimum Gasteiger partial charge on any atom is -0.465 e. The first-order valence-corrected chi connectivity index (χ1v) is 5.67. The quantitative estimate of drug-likeness (QED) is 0.805. The van der Waals surface area contributed by atoms with E-state index in [4.69, 9.17) is 0 Å². The van der Waals surface area contributed by atoms with Crippen molar-refractivity contribution >= 4 is 11.7 Å². The number of anilines is 1. The van der Waals surface area contributed by atoms with E-state index in [1.807, 2.05) is 0 Å². The van der Waals surface area contributed by atoms with E-state index < -0.39 is 23.2 Å². The normalized spacial score (nSPS) is 18.7. The molecule has 0 saturated carbocycles. The number of nitrogens with one attached hydrogen (secondary N) is 2. The van der Waals surface area contributed by atoms with Gasteiger partial charge in [0.25, 0.3) is 0 Å². The van der Waals surface area contributed by atoms with Crippen LogP contribution in [0.4, 0.5) is 14.5 Å². The van der Waals surface area contributed by atoms with Gasteiger partial charge in [0.15, 0.2) is 11.6 Å². The third kappa shape index (κ3) is 2.43. The van der Waals surface area contributed by atoms with Crippen molar-refractivity contribution in [2.24, 2.45) is 0 Å². The number of benzene rings is 1. The molecule has 1 fully saturated rings. The van der Waals surface area contributed by atoms with Crippen LogP contribution in [0.3, 0.4) is 0 Å². The van der Waals surface area contributed by atoms with Crippen molar-refractivity contribution in [3.63, 3.8) is 0 Å². The summed E-state index contributed by atoms with van der Waals surface area (Å²) >= 11 is 0. The van der Waals surface area contributed by atoms with E-state index in [-0.39, 0.29) is 11.7 Å². The van der Waals surface area contributed by atoms with Crippen molar-refractivity contribution in [2.45, 2.75) is 12.5 Å². The number of methoxy groups -OCH3 is 1. The molecule has 1 aromatic carbocycles. The van der Waals surface area contributed by atoms with Gasteiger partial charge in [-0.3, -0.25) is 0 Å². The van der Waals surface area contributed by atoms with Crippen LogP contribution in [0.1, 0.15) is 16.8 Å². The van der Waals surface area contributed by atoms with Crippen LogP contribution in [0.2, 0.25) is 0 Å². The molecule has 0 amide bonds. The molecule has 2 N–H and O–H groups in total. The molecule has 0 bridgehead atoms. The van der Waals surface area contributed by atoms with Crippen molar-refractivity contribution < 1.29 is 18.3 Å². The lowest BCUT2D eigenvalue weighted by atomic mass is 10.1. The molecule has 1 unspecified atom stereocenters. The molecule has 1 atom stereocenters. The molecule has 1 heterocycles. The Morgan fingerprint density at radius 1 is 1.44 bits per heavy atom. The molecular formula is C12H14F2N2O2. The maximum absolute atomic E-state index is 13.7. The predicted molar refractivity (Wildman–Crippen MR) is 62.6 cm³/mol. The smallest absolute Gasteiger partial charge is 0.340 e. The summed E-state index contributed by atoms with van der Waals surface area (Å²) in [5.41, 5.74) is -0.334. The number of hydrogen-bond donors (Lipinski definition) is 2. The molecule has 1 saturated heterocycles. The van der Waals surface area contributed by atoms with Gasteiger partial charge in [-0.2, -0.15) is 0 Å². The highest BCUT2D eigenvalue weighted by molar-refractivity contribution is 5.90. The molecule has 0 aromatic heterocycles. The molecule has 1 aromatic rings. The largest absolute Gasteiger partial charge is 0.465 e. The average Bonchev–Trinajstić information content (AvgIpc) is 2.87. The fourth-order valence-corrected chi connectivity index (χ4v) is 1.93. The van der Waals surface area contributed by atoms with E-state index in [9.17, 15) is 13.6 Å². The lowest BCUT2D eigenvalue weighted by Gasteiger charge is -2.14. The zero-order valence-electron chi connectivity index (χ0n) is 9.93. The summed E-state index contributed by atoms with van der Waals surface area (Å²) in [4.78, 5) is 11.2. The minimum atomic E-state index is -1.18. The van der Waals surface area contributed by atoms with Gasteiger partial charge in [0.2, 0.25) is 0 Å². The molecule has 1 aliphatic heterocycles. The first kappa shape index (κ1) is 12.8. The summed E-state index contributed by atoms with van der Waals surface area (Å²) in [5.74, 6) is -3.12. The van der Waals surface area contributed by atoms with Crippen molar-refractivity contribution in [1.29, 1.82) is 0 Å². The van der Waals surface area contributed by atoms with Crippen LogP contribution < -0.4 is 10.6 Å². The summed E-state index contributed by atoms with van der Waals surface area (Å²) in [6.07, 6.45) is 0.847. The highest BCUT2D eigenvalue weighted by Gasteiger charge is 2.21. The maximum atomic E-state index is 13.7. The Labute approximate surface area is 103 Å². The monoisotopic (exact) mass is 256 g/mol. The second-order valence-electron chi connectivity index (χ2n) is 4.11. The number of halogens is 2. The average molecular weight is 256 g/mol. The van der Waals surface area contributed by atoms with Crippen LogP contribution >= 0.6 is 0 Å². The predicted octanol–water partition coefficient (Wildman–Crippen LogP) is 1.53. The molecule has 6 heteroatoms. The van der Waals surface area contributed by atoms with Crippen LogP contribution in [0.15, 0.2) is 12.1 Å². The lowest BCUT2D eigenvalue weighted by molar-refractivity contribution is 0.0594. The molecule has 4 nitrogen and oxygen atoms in total. The Morgan fingerprint density at radius 2 is 2.22 bits per heavy atom. The second kappa shape index (κ2) is 5.30. The Morgan fingerprint density at radius 3 is 2.83 bits per heavy atom. The van der Waals surface area contributed by atoms with E-state index in [0.717, 1.165) is 20.1 Å². The van der Waals surface area contributed by atoms with Crippen LogP contribution in [0.25, 0.3) is 0 Å². The molecule has 2 rings (SSSR count). The Hall–Kier alpha value is -1.69. The van der Waals surface area contributed by atoms with Crippen LogP contribution in [0.5, 0.6) is 0 Å². The van der Waals surface area contributed by atoms with Gasteiger partial charge in [-0.1, -0.05) is 0 Å². The van der Waals surface area contributed by atoms with E-state index in [1.54, 1.807) is 0 Å². The third-order valence-electron chi connectivity index (χ3n) is 2.91. The van der Waals surface area contributed by atoms with Crippen LogP contribution in [0, 0.1) is 11.6 Å². The number of ether oxygens (including phenoxy) is 1. The molecular weight excluding hydrogens is 242 g/mol. The van der Waals surface area contributed by atoms with Gasteiger partial charge >= 0.3 is 5.97 Å². The van der Waals surface area contributed by atoms with Crippen molar-refractivity contribution in [3.8, 4) is 0 Å². The summed E-state index contributed by atoms with van der Waals surface area (Å²) in [6.45, 7) is 1.56. The van der Waals surface area contributed by atoms with Gasteiger partial charge in [0.1, 0.15) is 0 Å². The summed E-state index contributed by atoms with van der Waals surface area (Å²) in [6, 6.07) is 2.64. The SMILES string of the molecule is COC(=O)c1ccc(NC2CCNC2)c(F)c1F. The number of carbonyl (C=O) groups excluding carboxylic acids is 1. The van der Waals surface area contributed by atoms with Gasteiger partial charge in [-0.05, 0) is 25.1 Å². The van der Waals surface area contributed by atoms with Gasteiger partial charge in [0.05, 0.1) is 18.4 Å². The van der Waals surface area contributed by atoms with Crippen molar-refractivity contribution in [1.82, 2.24) is 5.32 Å². The molecule has 1 aliphatic rings. The molecule has 0 aliphatic carbocycles. The lowest BCUT2D eigenvalue weighted by Crippen LogP contribution is -2.23. The zero-order valence-corrected chi connectivity index (χ0v) is 9.93. The van der Waals surface area contributed by atoms with Crippen molar-refractivity contribution in [2.75, 3.05) is 25.5 Å². The summed E-state index contributed by atoms with van der Waals surface area (Å²) in [7, 11) is 1.12. The maximum Gasteiger partial charge on any atom is 0.340 e. The van der Waals surface area contributed by atoms with Gasteiger partial charge in [0, 0.05) is 12.6 Å². The Kier molecular flexibility index (Phi) is 3.76. The third-order valence-corrected chi connectivity index (χ3v) is 2.91. The topological polar surface area (TPSA) is 50.4 Å². The van der Waals surface area contributed by atoms with E-state index in [0.29, 0.717) is 6.54 Å². The number of esters is 1. The summed E-state index contributed by atoms with van der Waals surface area (Å²) in [5, 5.41) is 6.02. The van der Waals surface area contributed by atoms with Crippen molar-refractivity contribution in [3.05, 3.63) is 29.3 Å². The number of carbonyl (C=O) groups is 1. The van der Waals surface area contributed by atoms with Gasteiger partial charge in [-0.25, -0.2) is 13.6 Å². The highest BCUT2D eigenvalue weighted by Crippen LogP contribution is 2.22. The molecule has 0 spiro atoms. The standard InChI is InChI=1S/C12H14F2N2O2/c1-18-12(17)8-2-3-9(11(14)10(8)13)16-7-4-5-15-6-7/h2-3,7,15-16H,4-6H2,1H3. The minimum absolute atomic E-state index is 0.0638. The fourth-order valence-electron chi connectivity index (χ4n) is 1.93. The molecule has 0 radical (unpaired) electrons. The first-order valence-electron chi connectivity index (χ1n) is 5.67. The van der Waals surface area contributed by atoms with Gasteiger partial charge < -0.3 is 15.4 Å². The fraction of sp³-hybridized carbons (Fsp3) is 0.417. The Bertz CT molecular complexity index is 460. The second-order valence-corrected chi connectivity index (χ2v) is 4.11. The van der Waals surface area contributed by atoms with Gasteiger partial charge in [-0.15, -0.1) is 0 Å². The number of hydrogen-bond acceptors (Lipinski definition) is 4. The summed E-state index contributed by atoms with van der Waals surface area (Å²) < 4.78 is 31.8. The Balaban J connectivity index is 2.22. The van der Waals surface area contributed by atoms with E-state index >= 15 is 0 Å². The molecule has 18 heavy (non-hydrogen) atoms. The zero-order chi connectivity index (χ0) is 13.1. The van der Waals surface area contributed by atoms with E-state index in [1.165, 1.54) is 12.1 Å². The highest BCUT2D eigenvalue weighted by atomic mass is 19.2. The van der Waals surface area contributed by atoms with Crippen LogP contribution in [-0.4, -0.2) is 32.2 Å². The molecule has 98 valence electrons.